The van der Waals surface area contributed by atoms with Crippen molar-refractivity contribution in [2.45, 2.75) is 23.1 Å². The van der Waals surface area contributed by atoms with Gasteiger partial charge < -0.3 is 19.7 Å². The third-order valence-electron chi connectivity index (χ3n) is 5.50. The Morgan fingerprint density at radius 3 is 2.48 bits per heavy atom. The summed E-state index contributed by atoms with van der Waals surface area (Å²) in [6, 6.07) is 23.1. The molecular formula is C26H26N2O4S. The van der Waals surface area contributed by atoms with E-state index in [1.165, 1.54) is 0 Å². The van der Waals surface area contributed by atoms with Crippen molar-refractivity contribution in [2.75, 3.05) is 25.7 Å². The highest BCUT2D eigenvalue weighted by atomic mass is 32.2. The van der Waals surface area contributed by atoms with Gasteiger partial charge in [0.1, 0.15) is 6.54 Å². The van der Waals surface area contributed by atoms with Crippen LogP contribution in [0.3, 0.4) is 0 Å². The van der Waals surface area contributed by atoms with Crippen LogP contribution in [-0.2, 0) is 16.1 Å². The van der Waals surface area contributed by atoms with Crippen LogP contribution in [0.4, 0.5) is 5.69 Å². The minimum Gasteiger partial charge on any atom is -0.493 e. The maximum atomic E-state index is 13.3. The Bertz CT molecular complexity index is 1140. The summed E-state index contributed by atoms with van der Waals surface area (Å²) in [5.41, 5.74) is 2.74. The number of rotatable bonds is 7. The van der Waals surface area contributed by atoms with Gasteiger partial charge in [-0.2, -0.15) is 0 Å². The molecule has 3 aromatic carbocycles. The third-order valence-corrected chi connectivity index (χ3v) is 6.82. The quantitative estimate of drug-likeness (QED) is 0.556. The van der Waals surface area contributed by atoms with Crippen molar-refractivity contribution < 1.29 is 19.1 Å². The van der Waals surface area contributed by atoms with Crippen LogP contribution >= 0.6 is 11.8 Å². The molecule has 0 bridgehead atoms. The van der Waals surface area contributed by atoms with Crippen molar-refractivity contribution in [2.24, 2.45) is 0 Å². The number of hydrogen-bond donors (Lipinski definition) is 1. The van der Waals surface area contributed by atoms with Gasteiger partial charge in [0, 0.05) is 23.1 Å². The lowest BCUT2D eigenvalue weighted by molar-refractivity contribution is -0.124. The van der Waals surface area contributed by atoms with E-state index in [1.54, 1.807) is 30.9 Å². The highest BCUT2D eigenvalue weighted by molar-refractivity contribution is 7.99. The largest absolute Gasteiger partial charge is 0.493 e. The summed E-state index contributed by atoms with van der Waals surface area (Å²) in [6.07, 6.45) is 0.265. The summed E-state index contributed by atoms with van der Waals surface area (Å²) in [4.78, 5) is 28.6. The molecule has 0 radical (unpaired) electrons. The molecule has 0 aliphatic carbocycles. The van der Waals surface area contributed by atoms with Crippen molar-refractivity contribution in [3.05, 3.63) is 83.9 Å². The second kappa shape index (κ2) is 10.4. The van der Waals surface area contributed by atoms with Crippen LogP contribution < -0.4 is 19.7 Å². The Kier molecular flexibility index (Phi) is 7.19. The number of nitrogens with one attached hydrogen (secondary N) is 1. The Hall–Kier alpha value is -3.45. The zero-order chi connectivity index (χ0) is 23.2. The number of ether oxygens (including phenoxy) is 2. The number of carbonyl (C=O) groups excluding carboxylic acids is 2. The molecule has 0 aromatic heterocycles. The monoisotopic (exact) mass is 462 g/mol. The van der Waals surface area contributed by atoms with Crippen LogP contribution in [0, 0.1) is 0 Å². The molecule has 0 fully saturated rings. The number of para-hydroxylation sites is 1. The van der Waals surface area contributed by atoms with E-state index >= 15 is 0 Å². The molecule has 1 aliphatic rings. The molecule has 3 aromatic rings. The first-order valence-electron chi connectivity index (χ1n) is 10.7. The fourth-order valence-electron chi connectivity index (χ4n) is 3.79. The van der Waals surface area contributed by atoms with Crippen molar-refractivity contribution in [3.63, 3.8) is 0 Å². The van der Waals surface area contributed by atoms with Crippen LogP contribution in [0.5, 0.6) is 11.5 Å². The minimum absolute atomic E-state index is 0.0259. The standard InChI is InChI=1S/C26H26N2O4S/c1-31-21-13-12-19(14-22(21)32-2)24-15-26(30)28(20-10-6-7-11-23(20)33-24)17-25(29)27-16-18-8-4-3-5-9-18/h3-14,24H,15-17H2,1-2H3,(H,27,29)/t24-/m1/s1. The number of anilines is 1. The van der Waals surface area contributed by atoms with Gasteiger partial charge in [0.25, 0.3) is 0 Å². The van der Waals surface area contributed by atoms with Crippen LogP contribution in [0.25, 0.3) is 0 Å². The molecule has 170 valence electrons. The smallest absolute Gasteiger partial charge is 0.240 e. The topological polar surface area (TPSA) is 67.9 Å². The van der Waals surface area contributed by atoms with Crippen LogP contribution in [0.15, 0.2) is 77.7 Å². The Morgan fingerprint density at radius 2 is 1.73 bits per heavy atom. The Balaban J connectivity index is 1.55. The Labute approximate surface area is 197 Å². The van der Waals surface area contributed by atoms with Gasteiger partial charge >= 0.3 is 0 Å². The zero-order valence-electron chi connectivity index (χ0n) is 18.6. The average molecular weight is 463 g/mol. The number of nitrogens with zero attached hydrogens (tertiary/aromatic N) is 1. The second-order valence-corrected chi connectivity index (χ2v) is 8.88. The van der Waals surface area contributed by atoms with Crippen molar-refractivity contribution in [1.29, 1.82) is 0 Å². The van der Waals surface area contributed by atoms with Gasteiger partial charge in [-0.05, 0) is 35.4 Å². The molecule has 0 spiro atoms. The van der Waals surface area contributed by atoms with Gasteiger partial charge in [-0.3, -0.25) is 9.59 Å². The number of methoxy groups -OCH3 is 2. The predicted octanol–water partition coefficient (Wildman–Crippen LogP) is 4.59. The average Bonchev–Trinajstić information content (AvgIpc) is 2.99. The maximum absolute atomic E-state index is 13.3. The van der Waals surface area contributed by atoms with E-state index in [2.05, 4.69) is 5.32 Å². The van der Waals surface area contributed by atoms with Gasteiger partial charge in [0.05, 0.1) is 19.9 Å². The van der Waals surface area contributed by atoms with Crippen molar-refractivity contribution in [1.82, 2.24) is 5.32 Å². The van der Waals surface area contributed by atoms with E-state index in [4.69, 9.17) is 9.47 Å². The summed E-state index contributed by atoms with van der Waals surface area (Å²) in [7, 11) is 3.19. The predicted molar refractivity (Wildman–Crippen MR) is 130 cm³/mol. The molecule has 0 unspecified atom stereocenters. The molecule has 0 saturated carbocycles. The van der Waals surface area contributed by atoms with Crippen LogP contribution in [0.2, 0.25) is 0 Å². The summed E-state index contributed by atoms with van der Waals surface area (Å²) in [5, 5.41) is 2.80. The molecule has 1 atom stereocenters. The molecule has 0 saturated heterocycles. The number of fused-ring (bicyclic) bond motifs is 1. The zero-order valence-corrected chi connectivity index (χ0v) is 19.4. The van der Waals surface area contributed by atoms with E-state index in [-0.39, 0.29) is 30.0 Å². The first kappa shape index (κ1) is 22.7. The maximum Gasteiger partial charge on any atom is 0.240 e. The van der Waals surface area contributed by atoms with E-state index in [9.17, 15) is 9.59 Å². The highest BCUT2D eigenvalue weighted by Gasteiger charge is 2.30. The molecule has 7 heteroatoms. The molecule has 33 heavy (non-hydrogen) atoms. The van der Waals surface area contributed by atoms with Gasteiger partial charge in [0.2, 0.25) is 11.8 Å². The van der Waals surface area contributed by atoms with Crippen LogP contribution in [-0.4, -0.2) is 32.6 Å². The minimum atomic E-state index is -0.198. The number of benzene rings is 3. The molecular weight excluding hydrogens is 436 g/mol. The SMILES string of the molecule is COc1ccc([C@H]2CC(=O)N(CC(=O)NCc3ccccc3)c3ccccc3S2)cc1OC. The molecule has 1 N–H and O–H groups in total. The summed E-state index contributed by atoms with van der Waals surface area (Å²) in [6.45, 7) is 0.397. The second-order valence-electron chi connectivity index (χ2n) is 7.63. The van der Waals surface area contributed by atoms with Gasteiger partial charge in [-0.15, -0.1) is 11.8 Å². The molecule has 4 rings (SSSR count). The highest BCUT2D eigenvalue weighted by Crippen LogP contribution is 2.46. The number of amides is 2. The molecule has 2 amide bonds. The summed E-state index contributed by atoms with van der Waals surface area (Å²) >= 11 is 1.62. The lowest BCUT2D eigenvalue weighted by atomic mass is 10.1. The summed E-state index contributed by atoms with van der Waals surface area (Å²) in [5.74, 6) is 0.972. The van der Waals surface area contributed by atoms with E-state index in [1.807, 2.05) is 72.8 Å². The van der Waals surface area contributed by atoms with Crippen molar-refractivity contribution >= 4 is 29.3 Å². The normalized spacial score (nSPS) is 15.4. The fourth-order valence-corrected chi connectivity index (χ4v) is 5.06. The van der Waals surface area contributed by atoms with Crippen LogP contribution in [0.1, 0.15) is 22.8 Å². The Morgan fingerprint density at radius 1 is 1.00 bits per heavy atom. The first-order valence-corrected chi connectivity index (χ1v) is 11.6. The van der Waals surface area contributed by atoms with Gasteiger partial charge in [-0.25, -0.2) is 0 Å². The fraction of sp³-hybridized carbons (Fsp3) is 0.231. The van der Waals surface area contributed by atoms with E-state index in [0.717, 1.165) is 21.7 Å². The number of thioether (sulfide) groups is 1. The van der Waals surface area contributed by atoms with E-state index < -0.39 is 0 Å². The van der Waals surface area contributed by atoms with E-state index in [0.29, 0.717) is 18.0 Å². The van der Waals surface area contributed by atoms with Crippen molar-refractivity contribution in [3.8, 4) is 11.5 Å². The lowest BCUT2D eigenvalue weighted by Crippen LogP contribution is -2.40. The third kappa shape index (κ3) is 5.31. The lowest BCUT2D eigenvalue weighted by Gasteiger charge is -2.22. The molecule has 6 nitrogen and oxygen atoms in total. The van der Waals surface area contributed by atoms with Gasteiger partial charge in [0.15, 0.2) is 11.5 Å². The van der Waals surface area contributed by atoms with Gasteiger partial charge in [-0.1, -0.05) is 48.5 Å². The molecule has 1 aliphatic heterocycles. The first-order chi connectivity index (χ1) is 16.1. The number of carbonyl (C=O) groups is 2. The summed E-state index contributed by atoms with van der Waals surface area (Å²) < 4.78 is 10.8. The number of hydrogen-bond acceptors (Lipinski definition) is 5. The molecule has 1 heterocycles.